The number of alkyl halides is 3. The van der Waals surface area contributed by atoms with Crippen LogP contribution in [0.5, 0.6) is 0 Å². The average molecular weight is 489 g/mol. The second kappa shape index (κ2) is 9.29. The van der Waals surface area contributed by atoms with E-state index in [4.69, 9.17) is 4.74 Å². The maximum Gasteiger partial charge on any atom is 0.416 e. The number of carbonyl (C=O) groups is 1. The molecule has 0 aliphatic carbocycles. The monoisotopic (exact) mass is 489 g/mol. The zero-order chi connectivity index (χ0) is 25.4. The van der Waals surface area contributed by atoms with E-state index < -0.39 is 23.4 Å². The minimum atomic E-state index is -4.43. The molecular formula is C24H26F3N5O3. The number of likely N-dealkylation sites (tertiary alicyclic amines) is 1. The molecule has 1 fully saturated rings. The summed E-state index contributed by atoms with van der Waals surface area (Å²) >= 11 is 0. The molecule has 0 radical (unpaired) electrons. The van der Waals surface area contributed by atoms with Gasteiger partial charge in [0.05, 0.1) is 11.6 Å². The normalized spacial score (nSPS) is 18.7. The summed E-state index contributed by atoms with van der Waals surface area (Å²) in [4.78, 5) is 27.3. The number of halogens is 3. The number of anilines is 1. The van der Waals surface area contributed by atoms with E-state index in [0.717, 1.165) is 12.1 Å². The van der Waals surface area contributed by atoms with Gasteiger partial charge in [-0.2, -0.15) is 13.2 Å². The van der Waals surface area contributed by atoms with Gasteiger partial charge in [-0.25, -0.2) is 14.8 Å². The number of hydrogen-bond acceptors (Lipinski definition) is 7. The number of rotatable bonds is 4. The molecule has 8 nitrogen and oxygen atoms in total. The van der Waals surface area contributed by atoms with E-state index in [1.54, 1.807) is 20.8 Å². The van der Waals surface area contributed by atoms with Crippen molar-refractivity contribution in [3.05, 3.63) is 48.4 Å². The number of carbonyl (C=O) groups excluding carboxylic acids is 1. The first-order chi connectivity index (χ1) is 16.5. The predicted octanol–water partition coefficient (Wildman–Crippen LogP) is 4.35. The summed E-state index contributed by atoms with van der Waals surface area (Å²) < 4.78 is 44.3. The first-order valence-corrected chi connectivity index (χ1v) is 11.1. The molecule has 11 heteroatoms. The molecule has 0 bridgehead atoms. The van der Waals surface area contributed by atoms with Crippen LogP contribution < -0.4 is 5.32 Å². The van der Waals surface area contributed by atoms with E-state index in [9.17, 15) is 23.1 Å². The van der Waals surface area contributed by atoms with Crippen molar-refractivity contribution in [3.63, 3.8) is 0 Å². The number of hydrogen-bond donors (Lipinski definition) is 2. The Morgan fingerprint density at radius 3 is 2.34 bits per heavy atom. The predicted molar refractivity (Wildman–Crippen MR) is 124 cm³/mol. The highest BCUT2D eigenvalue weighted by Crippen LogP contribution is 2.34. The van der Waals surface area contributed by atoms with Crippen LogP contribution in [0.3, 0.4) is 0 Å². The lowest BCUT2D eigenvalue weighted by Gasteiger charge is -2.24. The molecule has 0 saturated carbocycles. The fourth-order valence-electron chi connectivity index (χ4n) is 3.99. The minimum absolute atomic E-state index is 0.149. The third-order valence-electron chi connectivity index (χ3n) is 5.67. The Kier molecular flexibility index (Phi) is 6.54. The Bertz CT molecular complexity index is 1210. The molecule has 186 valence electrons. The molecule has 3 heterocycles. The van der Waals surface area contributed by atoms with Crippen molar-refractivity contribution in [1.82, 2.24) is 19.9 Å². The van der Waals surface area contributed by atoms with Crippen LogP contribution in [0.1, 0.15) is 26.3 Å². The smallest absolute Gasteiger partial charge is 0.416 e. The molecule has 4 rings (SSSR count). The van der Waals surface area contributed by atoms with Crippen LogP contribution in [0.15, 0.2) is 42.9 Å². The van der Waals surface area contributed by atoms with Gasteiger partial charge >= 0.3 is 12.3 Å². The SMILES string of the molecule is CC(C)(C)OC(=O)N1C[C@@H](CO)[C@H](Nc2ncc(-c3ccc(C(F)(F)F)cc3)c3nccnc23)C1. The third-order valence-corrected chi connectivity index (χ3v) is 5.67. The fourth-order valence-corrected chi connectivity index (χ4v) is 3.99. The van der Waals surface area contributed by atoms with Crippen molar-refractivity contribution in [2.24, 2.45) is 5.92 Å². The summed E-state index contributed by atoms with van der Waals surface area (Å²) in [5.74, 6) is 0.142. The number of ether oxygens (including phenoxy) is 1. The Morgan fingerprint density at radius 2 is 1.74 bits per heavy atom. The number of nitrogens with zero attached hydrogens (tertiary/aromatic N) is 4. The Balaban J connectivity index is 1.61. The standard InChI is InChI=1S/C24H26F3N5O3/c1-23(2,3)35-22(34)32-11-15(13-33)18(12-32)31-21-20-19(28-8-9-29-20)17(10-30-21)14-4-6-16(7-5-14)24(25,26)27/h4-10,15,18,33H,11-13H2,1-3H3,(H,30,31)/t15-,18+/m0/s1. The van der Waals surface area contributed by atoms with Crippen LogP contribution in [-0.2, 0) is 10.9 Å². The molecule has 2 N–H and O–H groups in total. The molecule has 2 atom stereocenters. The summed E-state index contributed by atoms with van der Waals surface area (Å²) in [6, 6.07) is 4.46. The van der Waals surface area contributed by atoms with Crippen molar-refractivity contribution in [3.8, 4) is 11.1 Å². The van der Waals surface area contributed by atoms with Crippen LogP contribution in [0, 0.1) is 5.92 Å². The fraction of sp³-hybridized carbons (Fsp3) is 0.417. The summed E-state index contributed by atoms with van der Waals surface area (Å²) in [5, 5.41) is 13.2. The number of fused-ring (bicyclic) bond motifs is 1. The highest BCUT2D eigenvalue weighted by atomic mass is 19.4. The molecule has 0 unspecified atom stereocenters. The minimum Gasteiger partial charge on any atom is -0.444 e. The van der Waals surface area contributed by atoms with Crippen molar-refractivity contribution < 1.29 is 27.8 Å². The topological polar surface area (TPSA) is 100 Å². The Hall–Kier alpha value is -3.47. The molecule has 1 amide bonds. The third kappa shape index (κ3) is 5.45. The lowest BCUT2D eigenvalue weighted by molar-refractivity contribution is -0.137. The quantitative estimate of drug-likeness (QED) is 0.562. The van der Waals surface area contributed by atoms with E-state index in [0.29, 0.717) is 41.1 Å². The maximum absolute atomic E-state index is 12.9. The molecule has 35 heavy (non-hydrogen) atoms. The summed E-state index contributed by atoms with van der Waals surface area (Å²) in [6.45, 7) is 5.82. The van der Waals surface area contributed by atoms with Crippen LogP contribution in [-0.4, -0.2) is 62.4 Å². The zero-order valence-corrected chi connectivity index (χ0v) is 19.5. The molecule has 1 aromatic carbocycles. The number of benzene rings is 1. The number of nitrogens with one attached hydrogen (secondary N) is 1. The summed E-state index contributed by atoms with van der Waals surface area (Å²) in [6.07, 6.45) is -0.372. The van der Waals surface area contributed by atoms with Crippen molar-refractivity contribution in [2.45, 2.75) is 38.6 Å². The molecular weight excluding hydrogens is 463 g/mol. The average Bonchev–Trinajstić information content (AvgIpc) is 3.21. The van der Waals surface area contributed by atoms with Crippen LogP contribution in [0.25, 0.3) is 22.2 Å². The molecule has 1 aliphatic heterocycles. The highest BCUT2D eigenvalue weighted by molar-refractivity contribution is 5.96. The first kappa shape index (κ1) is 24.6. The lowest BCUT2D eigenvalue weighted by Crippen LogP contribution is -2.36. The van der Waals surface area contributed by atoms with Gasteiger partial charge in [-0.1, -0.05) is 12.1 Å². The van der Waals surface area contributed by atoms with E-state index in [-0.39, 0.29) is 18.6 Å². The van der Waals surface area contributed by atoms with Crippen molar-refractivity contribution >= 4 is 22.9 Å². The first-order valence-electron chi connectivity index (χ1n) is 11.1. The second-order valence-corrected chi connectivity index (χ2v) is 9.43. The maximum atomic E-state index is 12.9. The van der Waals surface area contributed by atoms with Crippen LogP contribution in [0.2, 0.25) is 0 Å². The van der Waals surface area contributed by atoms with Gasteiger partial charge in [-0.3, -0.25) is 4.98 Å². The molecule has 3 aromatic rings. The van der Waals surface area contributed by atoms with Gasteiger partial charge in [0.25, 0.3) is 0 Å². The van der Waals surface area contributed by atoms with E-state index in [1.165, 1.54) is 35.6 Å². The van der Waals surface area contributed by atoms with Gasteiger partial charge in [-0.05, 0) is 38.5 Å². The zero-order valence-electron chi connectivity index (χ0n) is 19.5. The number of aliphatic hydroxyl groups excluding tert-OH is 1. The van der Waals surface area contributed by atoms with Gasteiger partial charge in [0.15, 0.2) is 5.82 Å². The van der Waals surface area contributed by atoms with Gasteiger partial charge in [0.1, 0.15) is 16.6 Å². The number of amides is 1. The molecule has 1 saturated heterocycles. The van der Waals surface area contributed by atoms with E-state index in [2.05, 4.69) is 20.3 Å². The number of aliphatic hydroxyl groups is 1. The van der Waals surface area contributed by atoms with Crippen molar-refractivity contribution in [2.75, 3.05) is 25.0 Å². The van der Waals surface area contributed by atoms with Gasteiger partial charge < -0.3 is 20.1 Å². The Labute approximate surface area is 200 Å². The largest absolute Gasteiger partial charge is 0.444 e. The number of aromatic nitrogens is 3. The van der Waals surface area contributed by atoms with E-state index in [1.807, 2.05) is 0 Å². The van der Waals surface area contributed by atoms with Gasteiger partial charge in [0.2, 0.25) is 0 Å². The second-order valence-electron chi connectivity index (χ2n) is 9.43. The van der Waals surface area contributed by atoms with Crippen LogP contribution in [0.4, 0.5) is 23.8 Å². The van der Waals surface area contributed by atoms with Crippen LogP contribution >= 0.6 is 0 Å². The number of pyridine rings is 1. The Morgan fingerprint density at radius 1 is 1.09 bits per heavy atom. The van der Waals surface area contributed by atoms with E-state index >= 15 is 0 Å². The van der Waals surface area contributed by atoms with Gasteiger partial charge in [0, 0.05) is 49.8 Å². The molecule has 2 aromatic heterocycles. The van der Waals surface area contributed by atoms with Crippen molar-refractivity contribution in [1.29, 1.82) is 0 Å². The highest BCUT2D eigenvalue weighted by Gasteiger charge is 2.37. The molecule has 1 aliphatic rings. The summed E-state index contributed by atoms with van der Waals surface area (Å²) in [5.41, 5.74) is 0.567. The summed E-state index contributed by atoms with van der Waals surface area (Å²) in [7, 11) is 0. The molecule has 0 spiro atoms. The van der Waals surface area contributed by atoms with Gasteiger partial charge in [-0.15, -0.1) is 0 Å². The lowest BCUT2D eigenvalue weighted by atomic mass is 10.0.